The average Bonchev–Trinajstić information content (AvgIpc) is 3.46. The molecule has 0 saturated carbocycles. The monoisotopic (exact) mass is 497 g/mol. The van der Waals surface area contributed by atoms with E-state index in [-0.39, 0.29) is 24.7 Å². The van der Waals surface area contributed by atoms with Crippen molar-refractivity contribution in [3.63, 3.8) is 0 Å². The number of fused-ring (bicyclic) bond motifs is 1. The molecule has 2 aromatic heterocycles. The molecule has 3 aromatic rings. The first-order chi connectivity index (χ1) is 17.3. The minimum Gasteiger partial charge on any atom is -0.458 e. The second-order valence-corrected chi connectivity index (χ2v) is 9.75. The number of ether oxygens (including phenoxy) is 2. The van der Waals surface area contributed by atoms with Crippen LogP contribution in [0, 0.1) is 5.92 Å². The molecule has 4 rings (SSSR count). The van der Waals surface area contributed by atoms with E-state index < -0.39 is 36.1 Å². The second kappa shape index (κ2) is 11.4. The molecule has 0 amide bonds. The molecule has 194 valence electrons. The fourth-order valence-corrected chi connectivity index (χ4v) is 4.35. The number of nitrogens with zero attached hydrogens (tertiary/aromatic N) is 2. The van der Waals surface area contributed by atoms with Gasteiger partial charge < -0.3 is 24.7 Å². The number of aryl methyl sites for hydroxylation is 1. The van der Waals surface area contributed by atoms with Crippen LogP contribution in [0.2, 0.25) is 0 Å². The Morgan fingerprint density at radius 2 is 2.03 bits per heavy atom. The number of aliphatic hydroxyl groups excluding tert-OH is 1. The van der Waals surface area contributed by atoms with E-state index >= 15 is 0 Å². The van der Waals surface area contributed by atoms with E-state index in [1.54, 1.807) is 6.20 Å². The number of aromatic nitrogens is 2. The molecule has 1 aliphatic heterocycles. The fourth-order valence-electron chi connectivity index (χ4n) is 4.35. The molecule has 4 atom stereocenters. The van der Waals surface area contributed by atoms with Crippen LogP contribution >= 0.6 is 0 Å². The molecule has 9 heteroatoms. The number of hydrogen-bond acceptors (Lipinski definition) is 8. The molecule has 0 spiro atoms. The Morgan fingerprint density at radius 3 is 2.69 bits per heavy atom. The van der Waals surface area contributed by atoms with Crippen molar-refractivity contribution < 1.29 is 23.8 Å². The molecule has 36 heavy (non-hydrogen) atoms. The zero-order valence-corrected chi connectivity index (χ0v) is 21.1. The minimum absolute atomic E-state index is 0.0926. The summed E-state index contributed by atoms with van der Waals surface area (Å²) in [5.41, 5.74) is 7.75. The maximum atomic E-state index is 12.8. The van der Waals surface area contributed by atoms with Gasteiger partial charge in [0.15, 0.2) is 0 Å². The van der Waals surface area contributed by atoms with Crippen LogP contribution in [-0.4, -0.2) is 45.5 Å². The zero-order chi connectivity index (χ0) is 25.8. The second-order valence-electron chi connectivity index (χ2n) is 9.75. The molecule has 9 nitrogen and oxygen atoms in total. The molecule has 2 unspecified atom stereocenters. The highest BCUT2D eigenvalue weighted by Crippen LogP contribution is 2.32. The van der Waals surface area contributed by atoms with Gasteiger partial charge >= 0.3 is 11.7 Å². The molecule has 1 aliphatic rings. The summed E-state index contributed by atoms with van der Waals surface area (Å²) in [5, 5.41) is 10.4. The number of carbonyl (C=O) groups is 1. The Labute approximate surface area is 210 Å². The van der Waals surface area contributed by atoms with Gasteiger partial charge in [-0.3, -0.25) is 9.36 Å². The van der Waals surface area contributed by atoms with Crippen LogP contribution in [0.15, 0.2) is 45.7 Å². The summed E-state index contributed by atoms with van der Waals surface area (Å²) in [5.74, 6) is -0.0377. The van der Waals surface area contributed by atoms with Crippen LogP contribution in [0.3, 0.4) is 0 Å². The number of nitrogens with two attached hydrogens (primary N) is 1. The predicted molar refractivity (Wildman–Crippen MR) is 135 cm³/mol. The largest absolute Gasteiger partial charge is 0.458 e. The number of unbranched alkanes of at least 4 members (excludes halogenated alkanes) is 2. The van der Waals surface area contributed by atoms with E-state index in [4.69, 9.17) is 19.6 Å². The van der Waals surface area contributed by atoms with Gasteiger partial charge in [-0.2, -0.15) is 4.98 Å². The van der Waals surface area contributed by atoms with Gasteiger partial charge in [0.25, 0.3) is 0 Å². The first kappa shape index (κ1) is 26.1. The molecular formula is C27H35N3O6. The quantitative estimate of drug-likeness (QED) is 0.321. The summed E-state index contributed by atoms with van der Waals surface area (Å²) in [6.07, 6.45) is 4.20. The first-order valence-corrected chi connectivity index (χ1v) is 12.6. The Bertz CT molecular complexity index is 1230. The van der Waals surface area contributed by atoms with Crippen LogP contribution in [0.25, 0.3) is 22.4 Å². The Balaban J connectivity index is 1.52. The SMILES string of the molecule is CCCCCc1ccc(-c2cc3cn([C@H]4CC(OC(=O)C(N)C(C)C)[C@@H](CO)O4)c(=O)nc3o2)cc1. The summed E-state index contributed by atoms with van der Waals surface area (Å²) >= 11 is 0. The van der Waals surface area contributed by atoms with Crippen molar-refractivity contribution in [2.45, 2.75) is 77.4 Å². The Morgan fingerprint density at radius 1 is 1.28 bits per heavy atom. The van der Waals surface area contributed by atoms with E-state index in [9.17, 15) is 14.7 Å². The third-order valence-corrected chi connectivity index (χ3v) is 6.67. The van der Waals surface area contributed by atoms with E-state index in [2.05, 4.69) is 24.0 Å². The number of carbonyl (C=O) groups excluding carboxylic acids is 1. The fraction of sp³-hybridized carbons (Fsp3) is 0.519. The summed E-state index contributed by atoms with van der Waals surface area (Å²) in [7, 11) is 0. The molecule has 1 saturated heterocycles. The van der Waals surface area contributed by atoms with Crippen LogP contribution in [0.1, 0.15) is 58.2 Å². The number of rotatable bonds is 10. The third kappa shape index (κ3) is 5.69. The van der Waals surface area contributed by atoms with Gasteiger partial charge in [0, 0.05) is 18.2 Å². The van der Waals surface area contributed by atoms with Crippen molar-refractivity contribution in [2.75, 3.05) is 6.61 Å². The van der Waals surface area contributed by atoms with Gasteiger partial charge in [-0.05, 0) is 30.4 Å². The number of esters is 1. The molecule has 3 N–H and O–H groups in total. The molecule has 1 aromatic carbocycles. The van der Waals surface area contributed by atoms with Gasteiger partial charge in [-0.15, -0.1) is 0 Å². The van der Waals surface area contributed by atoms with Gasteiger partial charge in [-0.1, -0.05) is 57.9 Å². The maximum absolute atomic E-state index is 12.8. The molecule has 0 bridgehead atoms. The summed E-state index contributed by atoms with van der Waals surface area (Å²) in [6.45, 7) is 5.48. The van der Waals surface area contributed by atoms with Gasteiger partial charge in [0.05, 0.1) is 12.0 Å². The van der Waals surface area contributed by atoms with Crippen LogP contribution in [-0.2, 0) is 20.7 Å². The summed E-state index contributed by atoms with van der Waals surface area (Å²) < 4.78 is 18.6. The highest BCUT2D eigenvalue weighted by molar-refractivity contribution is 5.79. The third-order valence-electron chi connectivity index (χ3n) is 6.67. The van der Waals surface area contributed by atoms with E-state index in [1.165, 1.54) is 29.4 Å². The Kier molecular flexibility index (Phi) is 8.23. The standard InChI is InChI=1S/C27H35N3O6/c1-4-5-6-7-17-8-10-18(11-9-17)20-12-19-14-30(27(33)29-25(19)35-20)23-13-21(22(15-31)34-23)36-26(32)24(28)16(2)3/h8-12,14,16,21-24,31H,4-7,13,15,28H2,1-3H3/t21?,22-,23-,24?/m1/s1. The minimum atomic E-state index is -0.779. The van der Waals surface area contributed by atoms with Gasteiger partial charge in [0.2, 0.25) is 5.71 Å². The predicted octanol–water partition coefficient (Wildman–Crippen LogP) is 3.56. The van der Waals surface area contributed by atoms with Crippen molar-refractivity contribution in [2.24, 2.45) is 11.7 Å². The van der Waals surface area contributed by atoms with Gasteiger partial charge in [0.1, 0.15) is 30.2 Å². The van der Waals surface area contributed by atoms with Crippen molar-refractivity contribution in [1.29, 1.82) is 0 Å². The van der Waals surface area contributed by atoms with E-state index in [0.29, 0.717) is 11.1 Å². The number of hydrogen-bond donors (Lipinski definition) is 2. The van der Waals surface area contributed by atoms with Crippen molar-refractivity contribution in [1.82, 2.24) is 9.55 Å². The van der Waals surface area contributed by atoms with E-state index in [1.807, 2.05) is 32.0 Å². The first-order valence-electron chi connectivity index (χ1n) is 12.6. The summed E-state index contributed by atoms with van der Waals surface area (Å²) in [4.78, 5) is 29.2. The topological polar surface area (TPSA) is 130 Å². The van der Waals surface area contributed by atoms with Gasteiger partial charge in [-0.25, -0.2) is 4.79 Å². The van der Waals surface area contributed by atoms with Crippen LogP contribution < -0.4 is 11.4 Å². The lowest BCUT2D eigenvalue weighted by atomic mass is 10.0. The van der Waals surface area contributed by atoms with Crippen LogP contribution in [0.4, 0.5) is 0 Å². The molecule has 1 fully saturated rings. The van der Waals surface area contributed by atoms with Crippen LogP contribution in [0.5, 0.6) is 0 Å². The lowest BCUT2D eigenvalue weighted by Crippen LogP contribution is -2.41. The highest BCUT2D eigenvalue weighted by atomic mass is 16.6. The Hall–Kier alpha value is -3.01. The molecular weight excluding hydrogens is 462 g/mol. The van der Waals surface area contributed by atoms with Crippen molar-refractivity contribution in [3.05, 3.63) is 52.6 Å². The number of aliphatic hydroxyl groups is 1. The smallest absolute Gasteiger partial charge is 0.353 e. The molecule has 3 heterocycles. The average molecular weight is 498 g/mol. The van der Waals surface area contributed by atoms with E-state index in [0.717, 1.165) is 12.0 Å². The lowest BCUT2D eigenvalue weighted by Gasteiger charge is -2.20. The molecule has 0 aliphatic carbocycles. The molecule has 0 radical (unpaired) electrons. The normalized spacial score (nSPS) is 20.8. The number of furan rings is 1. The van der Waals surface area contributed by atoms with Crippen molar-refractivity contribution >= 4 is 17.1 Å². The maximum Gasteiger partial charge on any atom is 0.353 e. The summed E-state index contributed by atoms with van der Waals surface area (Å²) in [6, 6.07) is 9.27. The van der Waals surface area contributed by atoms with Crippen molar-refractivity contribution in [3.8, 4) is 11.3 Å². The number of benzene rings is 1. The highest BCUT2D eigenvalue weighted by Gasteiger charge is 2.40. The lowest BCUT2D eigenvalue weighted by molar-refractivity contribution is -0.155. The zero-order valence-electron chi connectivity index (χ0n) is 21.1.